The summed E-state index contributed by atoms with van der Waals surface area (Å²) in [5.74, 6) is 1.45. The van der Waals surface area contributed by atoms with Crippen LogP contribution in [0.2, 0.25) is 0 Å². The molecule has 0 spiro atoms. The molecule has 0 amide bonds. The second-order valence-corrected chi connectivity index (χ2v) is 25.9. The van der Waals surface area contributed by atoms with Crippen LogP contribution < -0.4 is 21.1 Å². The molecule has 0 saturated heterocycles. The third kappa shape index (κ3) is 7.84. The third-order valence-corrected chi connectivity index (χ3v) is 18.8. The topological polar surface area (TPSA) is 40.4 Å². The largest absolute Gasteiger partial charge is 0.458 e. The fraction of sp³-hybridized carbons (Fsp3) is 0.111. The van der Waals surface area contributed by atoms with E-state index >= 15 is 0 Å². The molecule has 0 aliphatic carbocycles. The molecule has 0 radical (unpaired) electrons. The monoisotopic (exact) mass is 1110 g/mol. The zero-order chi connectivity index (χ0) is 57.7. The lowest BCUT2D eigenvalue weighted by molar-refractivity contribution is 0.486. The van der Waals surface area contributed by atoms with Gasteiger partial charge < -0.3 is 18.1 Å². The lowest BCUT2D eigenvalue weighted by Gasteiger charge is -2.39. The highest BCUT2D eigenvalue weighted by molar-refractivity contribution is 6.98. The SMILES string of the molecule is CC(C)(C)c1ccc(-c2cccc(-c3ccc(C(C)(C)C)cc3)c2C2c3cc(-c4ccc5oc6ccccc6c5c4)ccc3B3c4ccc(-c5ccc6oc7ccccc7c6c5)cc4Oc4cc(-n5c6ccccc6c6ccccc65)cc2c43)cc1. The molecule has 5 heterocycles. The normalized spacial score (nSPS) is 13.9. The fourth-order valence-electron chi connectivity index (χ4n) is 14.5. The molecule has 2 aliphatic rings. The van der Waals surface area contributed by atoms with E-state index in [4.69, 9.17) is 13.6 Å². The molecule has 15 aromatic rings. The number of aromatic nitrogens is 1. The highest BCUT2D eigenvalue weighted by Crippen LogP contribution is 2.49. The van der Waals surface area contributed by atoms with Gasteiger partial charge in [0.25, 0.3) is 6.71 Å². The van der Waals surface area contributed by atoms with Crippen molar-refractivity contribution in [3.8, 4) is 61.7 Å². The Labute approximate surface area is 500 Å². The van der Waals surface area contributed by atoms with Gasteiger partial charge in [0, 0.05) is 44.3 Å². The van der Waals surface area contributed by atoms with Gasteiger partial charge in [0.15, 0.2) is 0 Å². The van der Waals surface area contributed by atoms with E-state index in [0.29, 0.717) is 0 Å². The van der Waals surface area contributed by atoms with E-state index in [0.717, 1.165) is 99.8 Å². The van der Waals surface area contributed by atoms with Crippen molar-refractivity contribution in [1.82, 2.24) is 4.57 Å². The van der Waals surface area contributed by atoms with Crippen LogP contribution in [0.15, 0.2) is 258 Å². The number of fused-ring (bicyclic) bond motifs is 13. The number of rotatable bonds is 6. The summed E-state index contributed by atoms with van der Waals surface area (Å²) >= 11 is 0. The first-order valence-electron chi connectivity index (χ1n) is 30.2. The molecule has 3 aromatic heterocycles. The van der Waals surface area contributed by atoms with Crippen LogP contribution in [-0.2, 0) is 10.8 Å². The van der Waals surface area contributed by atoms with Crippen LogP contribution >= 0.6 is 0 Å². The average molecular weight is 1110 g/mol. The van der Waals surface area contributed by atoms with Gasteiger partial charge in [-0.1, -0.05) is 229 Å². The van der Waals surface area contributed by atoms with Crippen LogP contribution in [0.1, 0.15) is 75.3 Å². The van der Waals surface area contributed by atoms with Gasteiger partial charge in [0.1, 0.15) is 33.8 Å². The van der Waals surface area contributed by atoms with Crippen molar-refractivity contribution in [2.75, 3.05) is 0 Å². The zero-order valence-electron chi connectivity index (χ0n) is 49.0. The number of nitrogens with zero attached hydrogens (tertiary/aromatic N) is 1. The van der Waals surface area contributed by atoms with Crippen LogP contribution in [0, 0.1) is 0 Å². The van der Waals surface area contributed by atoms with E-state index in [-0.39, 0.29) is 23.5 Å². The Kier molecular flexibility index (Phi) is 11.0. The first-order valence-corrected chi connectivity index (χ1v) is 30.2. The van der Waals surface area contributed by atoms with Crippen molar-refractivity contribution in [1.29, 1.82) is 0 Å². The minimum Gasteiger partial charge on any atom is -0.458 e. The number of benzene rings is 12. The van der Waals surface area contributed by atoms with Gasteiger partial charge in [-0.05, 0) is 155 Å². The summed E-state index contributed by atoms with van der Waals surface area (Å²) in [5, 5.41) is 6.85. The summed E-state index contributed by atoms with van der Waals surface area (Å²) in [7, 11) is 0. The smallest absolute Gasteiger partial charge is 0.251 e. The number of hydrogen-bond acceptors (Lipinski definition) is 3. The molecule has 17 rings (SSSR count). The molecule has 12 aromatic carbocycles. The van der Waals surface area contributed by atoms with Crippen LogP contribution in [0.25, 0.3) is 116 Å². The quantitative estimate of drug-likeness (QED) is 0.156. The van der Waals surface area contributed by atoms with Gasteiger partial charge in [-0.25, -0.2) is 0 Å². The minimum atomic E-state index is -0.266. The van der Waals surface area contributed by atoms with E-state index < -0.39 is 0 Å². The molecule has 1 unspecified atom stereocenters. The van der Waals surface area contributed by atoms with Crippen molar-refractivity contribution in [2.45, 2.75) is 58.3 Å². The molecular weight excluding hydrogens is 1050 g/mol. The highest BCUT2D eigenvalue weighted by Gasteiger charge is 2.44. The second kappa shape index (κ2) is 18.7. The van der Waals surface area contributed by atoms with Crippen LogP contribution in [0.3, 0.4) is 0 Å². The average Bonchev–Trinajstić information content (AvgIpc) is 0.991. The molecule has 1 atom stereocenters. The minimum absolute atomic E-state index is 0.0108. The number of hydrogen-bond donors (Lipinski definition) is 0. The van der Waals surface area contributed by atoms with E-state index in [1.807, 2.05) is 18.2 Å². The number of ether oxygens (including phenoxy) is 1. The summed E-state index contributed by atoms with van der Waals surface area (Å²) in [5.41, 5.74) is 26.1. The van der Waals surface area contributed by atoms with Gasteiger partial charge in [0.05, 0.1) is 16.7 Å². The number of furan rings is 2. The van der Waals surface area contributed by atoms with Crippen molar-refractivity contribution < 1.29 is 13.6 Å². The molecule has 0 N–H and O–H groups in total. The van der Waals surface area contributed by atoms with Crippen LogP contribution in [-0.4, -0.2) is 11.3 Å². The summed E-state index contributed by atoms with van der Waals surface area (Å²) < 4.78 is 22.9. The lowest BCUT2D eigenvalue weighted by atomic mass is 9.31. The first kappa shape index (κ1) is 50.4. The summed E-state index contributed by atoms with van der Waals surface area (Å²) in [6.07, 6.45) is 0. The predicted molar refractivity (Wildman–Crippen MR) is 359 cm³/mol. The lowest BCUT2D eigenvalue weighted by Crippen LogP contribution is -2.60. The molecule has 0 bridgehead atoms. The Bertz CT molecular complexity index is 5160. The van der Waals surface area contributed by atoms with Gasteiger partial charge in [0.2, 0.25) is 0 Å². The molecule has 86 heavy (non-hydrogen) atoms. The van der Waals surface area contributed by atoms with Crippen molar-refractivity contribution >= 4 is 88.8 Å². The van der Waals surface area contributed by atoms with Crippen molar-refractivity contribution in [3.63, 3.8) is 0 Å². The van der Waals surface area contributed by atoms with Crippen molar-refractivity contribution in [2.24, 2.45) is 0 Å². The van der Waals surface area contributed by atoms with Gasteiger partial charge in [-0.3, -0.25) is 0 Å². The maximum atomic E-state index is 7.63. The van der Waals surface area contributed by atoms with Crippen molar-refractivity contribution in [3.05, 3.63) is 277 Å². The van der Waals surface area contributed by atoms with Gasteiger partial charge >= 0.3 is 0 Å². The molecule has 0 saturated carbocycles. The molecule has 0 fully saturated rings. The van der Waals surface area contributed by atoms with E-state index in [1.54, 1.807) is 0 Å². The maximum absolute atomic E-state index is 7.63. The molecule has 410 valence electrons. The molecule has 2 aliphatic heterocycles. The second-order valence-electron chi connectivity index (χ2n) is 25.9. The predicted octanol–water partition coefficient (Wildman–Crippen LogP) is 20.0. The summed E-state index contributed by atoms with van der Waals surface area (Å²) in [6.45, 7) is 13.6. The zero-order valence-corrected chi connectivity index (χ0v) is 49.0. The highest BCUT2D eigenvalue weighted by atomic mass is 16.5. The standard InChI is InChI=1S/C81H60BNO3/c1-80(2,3)54-34-26-48(27-35-54)57-20-15-21-58(49-28-36-55(37-29-49)81(4,5)6)77(57)78-65-44-50(51-32-40-73-63(42-51)61-18-9-13-24-71(61)84-73)30-38-67(65)82-68-39-31-53(52-33-41-74-64(43-52)62-19-10-14-25-72(62)85-74)45-75(68)86-76-47-56(46-66(78)79(76)82)83-69-22-11-7-16-59(69)60-17-8-12-23-70(60)83/h7-47,78H,1-6H3. The summed E-state index contributed by atoms with van der Waals surface area (Å²) in [4.78, 5) is 0. The maximum Gasteiger partial charge on any atom is 0.251 e. The first-order chi connectivity index (χ1) is 41.9. The van der Waals surface area contributed by atoms with Crippen LogP contribution in [0.5, 0.6) is 11.5 Å². The molecule has 5 heteroatoms. The van der Waals surface area contributed by atoms with E-state index in [2.05, 4.69) is 277 Å². The fourth-order valence-corrected chi connectivity index (χ4v) is 14.5. The van der Waals surface area contributed by atoms with Gasteiger partial charge in [-0.2, -0.15) is 0 Å². The Hall–Kier alpha value is -10.1. The van der Waals surface area contributed by atoms with E-state index in [9.17, 15) is 0 Å². The molecular formula is C81H60BNO3. The number of para-hydroxylation sites is 4. The Morgan fingerprint density at radius 2 is 0.802 bits per heavy atom. The third-order valence-electron chi connectivity index (χ3n) is 18.8. The van der Waals surface area contributed by atoms with E-state index in [1.165, 1.54) is 71.8 Å². The molecule has 4 nitrogen and oxygen atoms in total. The van der Waals surface area contributed by atoms with Gasteiger partial charge in [-0.15, -0.1) is 0 Å². The van der Waals surface area contributed by atoms with Crippen LogP contribution in [0.4, 0.5) is 0 Å². The Morgan fingerprint density at radius 1 is 0.349 bits per heavy atom. The Morgan fingerprint density at radius 3 is 1.35 bits per heavy atom. The summed E-state index contributed by atoms with van der Waals surface area (Å²) in [6, 6.07) is 92.5. The Balaban J connectivity index is 0.968.